The largest absolute Gasteiger partial charge is 0.302 e. The third kappa shape index (κ3) is 7.36. The van der Waals surface area contributed by atoms with E-state index >= 15 is 0 Å². The first-order valence-corrected chi connectivity index (χ1v) is 13.3. The molecule has 1 amide bonds. The predicted molar refractivity (Wildman–Crippen MR) is 127 cm³/mol. The smallest absolute Gasteiger partial charge is 0.229 e. The number of hydrogen-bond donors (Lipinski definition) is 2. The number of amides is 1. The van der Waals surface area contributed by atoms with Gasteiger partial charge in [0.2, 0.25) is 15.9 Å². The van der Waals surface area contributed by atoms with Crippen LogP contribution in [0.5, 0.6) is 0 Å². The van der Waals surface area contributed by atoms with Crippen LogP contribution in [-0.4, -0.2) is 37.1 Å². The summed E-state index contributed by atoms with van der Waals surface area (Å²) in [6, 6.07) is 10.2. The Morgan fingerprint density at radius 2 is 1.69 bits per heavy atom. The van der Waals surface area contributed by atoms with E-state index in [9.17, 15) is 22.8 Å². The minimum absolute atomic E-state index is 0.0206. The summed E-state index contributed by atoms with van der Waals surface area (Å²) in [4.78, 5) is 41.1. The van der Waals surface area contributed by atoms with Crippen LogP contribution in [0.3, 0.4) is 0 Å². The fourth-order valence-electron chi connectivity index (χ4n) is 2.76. The molecule has 32 heavy (non-hydrogen) atoms. The molecule has 168 valence electrons. The molecule has 1 aromatic carbocycles. The molecule has 3 aromatic rings. The molecule has 0 saturated heterocycles. The van der Waals surface area contributed by atoms with Gasteiger partial charge in [-0.25, -0.2) is 13.4 Å². The van der Waals surface area contributed by atoms with Crippen molar-refractivity contribution in [3.8, 4) is 11.3 Å². The zero-order valence-corrected chi connectivity index (χ0v) is 19.6. The minimum Gasteiger partial charge on any atom is -0.302 e. The van der Waals surface area contributed by atoms with Gasteiger partial charge < -0.3 is 5.32 Å². The third-order valence-electron chi connectivity index (χ3n) is 4.29. The summed E-state index contributed by atoms with van der Waals surface area (Å²) in [5.41, 5.74) is 1.85. The highest BCUT2D eigenvalue weighted by atomic mass is 32.2. The van der Waals surface area contributed by atoms with Gasteiger partial charge in [-0.1, -0.05) is 18.2 Å². The number of nitrogens with zero attached hydrogens (tertiary/aromatic N) is 1. The lowest BCUT2D eigenvalue weighted by Gasteiger charge is -2.04. The van der Waals surface area contributed by atoms with Crippen molar-refractivity contribution < 1.29 is 22.8 Å². The van der Waals surface area contributed by atoms with Crippen molar-refractivity contribution in [2.75, 3.05) is 16.3 Å². The predicted octanol–water partition coefficient (Wildman–Crippen LogP) is 4.19. The van der Waals surface area contributed by atoms with Gasteiger partial charge >= 0.3 is 0 Å². The molecule has 11 heteroatoms. The fraction of sp³-hybridized carbons (Fsp3) is 0.238. The molecule has 0 spiro atoms. The summed E-state index contributed by atoms with van der Waals surface area (Å²) in [5.74, 6) is -0.516. The number of ketones is 2. The fourth-order valence-corrected chi connectivity index (χ4v) is 4.75. The summed E-state index contributed by atoms with van der Waals surface area (Å²) >= 11 is 2.60. The lowest BCUT2D eigenvalue weighted by Crippen LogP contribution is -2.13. The Morgan fingerprint density at radius 3 is 2.34 bits per heavy atom. The molecule has 0 unspecified atom stereocenters. The number of Topliss-reactive ketones (excluding diaryl/α,β-unsaturated/α-hetero) is 2. The van der Waals surface area contributed by atoms with E-state index in [0.29, 0.717) is 21.4 Å². The first kappa shape index (κ1) is 23.8. The van der Waals surface area contributed by atoms with Crippen molar-refractivity contribution in [2.45, 2.75) is 25.7 Å². The molecule has 2 N–H and O–H groups in total. The van der Waals surface area contributed by atoms with Gasteiger partial charge in [-0.3, -0.25) is 19.1 Å². The lowest BCUT2D eigenvalue weighted by molar-refractivity contribution is -0.122. The van der Waals surface area contributed by atoms with Gasteiger partial charge in [0, 0.05) is 42.3 Å². The van der Waals surface area contributed by atoms with Crippen LogP contribution in [0, 0.1) is 0 Å². The molecular weight excluding hydrogens is 470 g/mol. The van der Waals surface area contributed by atoms with E-state index in [-0.39, 0.29) is 43.2 Å². The first-order chi connectivity index (χ1) is 15.2. The molecule has 0 aliphatic carbocycles. The zero-order valence-electron chi connectivity index (χ0n) is 17.2. The average Bonchev–Trinajstić information content (AvgIpc) is 3.42. The highest BCUT2D eigenvalue weighted by Gasteiger charge is 2.13. The van der Waals surface area contributed by atoms with E-state index in [1.807, 2.05) is 5.38 Å². The number of anilines is 2. The number of carbonyl (C=O) groups excluding carboxylic acids is 3. The molecule has 2 aromatic heterocycles. The Kier molecular flexibility index (Phi) is 7.89. The molecule has 3 rings (SSSR count). The molecule has 0 saturated carbocycles. The van der Waals surface area contributed by atoms with Gasteiger partial charge in [0.05, 0.1) is 16.8 Å². The molecule has 2 heterocycles. The Morgan fingerprint density at radius 1 is 0.969 bits per heavy atom. The second kappa shape index (κ2) is 10.6. The normalized spacial score (nSPS) is 11.2. The zero-order chi connectivity index (χ0) is 23.1. The highest BCUT2D eigenvalue weighted by molar-refractivity contribution is 7.92. The summed E-state index contributed by atoms with van der Waals surface area (Å²) in [6.07, 6.45) is 1.43. The van der Waals surface area contributed by atoms with E-state index in [0.717, 1.165) is 11.8 Å². The molecule has 0 bridgehead atoms. The van der Waals surface area contributed by atoms with Gasteiger partial charge in [-0.05, 0) is 23.6 Å². The number of thiazole rings is 1. The summed E-state index contributed by atoms with van der Waals surface area (Å²) in [7, 11) is -3.35. The van der Waals surface area contributed by atoms with Crippen LogP contribution in [-0.2, 0) is 19.6 Å². The van der Waals surface area contributed by atoms with Crippen molar-refractivity contribution in [1.29, 1.82) is 0 Å². The van der Waals surface area contributed by atoms with E-state index in [2.05, 4.69) is 15.0 Å². The summed E-state index contributed by atoms with van der Waals surface area (Å²) < 4.78 is 24.9. The van der Waals surface area contributed by atoms with E-state index < -0.39 is 10.0 Å². The minimum atomic E-state index is -3.35. The topological polar surface area (TPSA) is 122 Å². The van der Waals surface area contributed by atoms with Crippen LogP contribution in [0.25, 0.3) is 11.3 Å². The van der Waals surface area contributed by atoms with Crippen molar-refractivity contribution in [3.63, 3.8) is 0 Å². The number of aromatic nitrogens is 1. The molecule has 0 aliphatic heterocycles. The van der Waals surface area contributed by atoms with Crippen LogP contribution in [0.1, 0.15) is 35.4 Å². The molecule has 0 atom stereocenters. The molecule has 0 aliphatic rings. The van der Waals surface area contributed by atoms with Crippen LogP contribution in [0.15, 0.2) is 47.2 Å². The maximum Gasteiger partial charge on any atom is 0.229 e. The van der Waals surface area contributed by atoms with Crippen molar-refractivity contribution in [1.82, 2.24) is 4.98 Å². The highest BCUT2D eigenvalue weighted by Crippen LogP contribution is 2.26. The lowest BCUT2D eigenvalue weighted by atomic mass is 10.1. The number of sulfonamides is 1. The molecule has 0 fully saturated rings. The number of thiophene rings is 1. The monoisotopic (exact) mass is 491 g/mol. The SMILES string of the molecule is CS(=O)(=O)Nc1ccc(-c2csc(NC(=O)CCC(=O)CCC(=O)c3cccs3)n2)cc1. The van der Waals surface area contributed by atoms with Crippen LogP contribution in [0.4, 0.5) is 10.8 Å². The quantitative estimate of drug-likeness (QED) is 0.388. The maximum atomic E-state index is 12.1. The maximum absolute atomic E-state index is 12.1. The summed E-state index contributed by atoms with van der Waals surface area (Å²) in [6.45, 7) is 0. The average molecular weight is 492 g/mol. The van der Waals surface area contributed by atoms with Crippen molar-refractivity contribution in [3.05, 3.63) is 52.0 Å². The molecule has 0 radical (unpaired) electrons. The van der Waals surface area contributed by atoms with E-state index in [1.54, 1.807) is 41.8 Å². The van der Waals surface area contributed by atoms with Crippen LogP contribution < -0.4 is 10.0 Å². The van der Waals surface area contributed by atoms with Gasteiger partial charge in [0.1, 0.15) is 5.78 Å². The number of benzene rings is 1. The Hall–Kier alpha value is -2.89. The second-order valence-corrected chi connectivity index (χ2v) is 10.5. The molecular formula is C21H21N3O5S3. The van der Waals surface area contributed by atoms with Gasteiger partial charge in [-0.15, -0.1) is 22.7 Å². The van der Waals surface area contributed by atoms with Gasteiger partial charge in [0.15, 0.2) is 10.9 Å². The van der Waals surface area contributed by atoms with Crippen molar-refractivity contribution >= 4 is 61.0 Å². The van der Waals surface area contributed by atoms with E-state index in [1.165, 1.54) is 22.7 Å². The second-order valence-electron chi connectivity index (χ2n) is 6.98. The van der Waals surface area contributed by atoms with Crippen molar-refractivity contribution in [2.24, 2.45) is 0 Å². The number of nitrogens with one attached hydrogen (secondary N) is 2. The number of hydrogen-bond acceptors (Lipinski definition) is 8. The van der Waals surface area contributed by atoms with E-state index in [4.69, 9.17) is 0 Å². The van der Waals surface area contributed by atoms with Crippen LogP contribution >= 0.6 is 22.7 Å². The number of rotatable bonds is 11. The Bertz CT molecular complexity index is 1200. The standard InChI is InChI=1S/C21H21N3O5S3/c1-32(28,29)24-15-6-4-14(5-7-15)17-13-31-21(22-17)23-20(27)11-9-16(25)8-10-18(26)19-3-2-12-30-19/h2-7,12-13,24H,8-11H2,1H3,(H,22,23,27). The van der Waals surface area contributed by atoms with Gasteiger partial charge in [-0.2, -0.15) is 0 Å². The van der Waals surface area contributed by atoms with Crippen LogP contribution in [0.2, 0.25) is 0 Å². The first-order valence-electron chi connectivity index (χ1n) is 9.61. The Balaban J connectivity index is 1.45. The molecule has 8 nitrogen and oxygen atoms in total. The third-order valence-corrected chi connectivity index (χ3v) is 6.57. The number of carbonyl (C=O) groups is 3. The Labute approximate surface area is 193 Å². The van der Waals surface area contributed by atoms with Gasteiger partial charge in [0.25, 0.3) is 0 Å². The summed E-state index contributed by atoms with van der Waals surface area (Å²) in [5, 5.41) is 6.67.